The van der Waals surface area contributed by atoms with Gasteiger partial charge in [-0.1, -0.05) is 60.7 Å². The van der Waals surface area contributed by atoms with E-state index in [9.17, 15) is 23.3 Å². The average molecular weight is 634 g/mol. The lowest BCUT2D eigenvalue weighted by Gasteiger charge is -2.27. The number of ether oxygens (including phenoxy) is 1. The van der Waals surface area contributed by atoms with Crippen LogP contribution in [0.25, 0.3) is 23.0 Å². The molecular weight excluding hydrogens is 602 g/mol. The Morgan fingerprint density at radius 3 is 2.33 bits per heavy atom. The first-order chi connectivity index (χ1) is 22.3. The summed E-state index contributed by atoms with van der Waals surface area (Å²) < 4.78 is 35.4. The first-order valence-electron chi connectivity index (χ1n) is 14.8. The summed E-state index contributed by atoms with van der Waals surface area (Å²) in [7, 11) is -3.79. The van der Waals surface area contributed by atoms with Gasteiger partial charge < -0.3 is 4.74 Å². The lowest BCUT2D eigenvalue weighted by Crippen LogP contribution is -2.43. The molecule has 4 aromatic rings. The number of imide groups is 1. The van der Waals surface area contributed by atoms with Gasteiger partial charge in [0.1, 0.15) is 17.3 Å². The average Bonchev–Trinajstić information content (AvgIpc) is 3.52. The smallest absolute Gasteiger partial charge is 0.271 e. The number of rotatable bonds is 8. The van der Waals surface area contributed by atoms with Gasteiger partial charge in [-0.05, 0) is 54.8 Å². The maximum Gasteiger partial charge on any atom is 0.271 e. The first kappa shape index (κ1) is 30.9. The monoisotopic (exact) mass is 633 g/mol. The van der Waals surface area contributed by atoms with Crippen molar-refractivity contribution in [2.24, 2.45) is 0 Å². The zero-order chi connectivity index (χ0) is 32.3. The fourth-order valence-corrected chi connectivity index (χ4v) is 7.00. The molecule has 0 atom stereocenters. The Hall–Kier alpha value is -5.15. The van der Waals surface area contributed by atoms with E-state index in [4.69, 9.17) is 9.84 Å². The Kier molecular flexibility index (Phi) is 8.76. The Balaban J connectivity index is 1.44. The molecule has 1 fully saturated rings. The minimum absolute atomic E-state index is 0.102. The summed E-state index contributed by atoms with van der Waals surface area (Å²) in [5.74, 6) is -1.14. The number of para-hydroxylation sites is 1. The van der Waals surface area contributed by atoms with Crippen LogP contribution in [0.1, 0.15) is 18.1 Å². The van der Waals surface area contributed by atoms with Gasteiger partial charge in [0.15, 0.2) is 0 Å². The van der Waals surface area contributed by atoms with E-state index in [-0.39, 0.29) is 41.2 Å². The topological polar surface area (TPSA) is 126 Å². The van der Waals surface area contributed by atoms with Crippen molar-refractivity contribution in [2.75, 3.05) is 32.8 Å². The van der Waals surface area contributed by atoms with E-state index in [1.807, 2.05) is 66.7 Å². The van der Waals surface area contributed by atoms with E-state index in [2.05, 4.69) is 0 Å². The summed E-state index contributed by atoms with van der Waals surface area (Å²) in [6.07, 6.45) is 3.81. The molecule has 2 aliphatic rings. The van der Waals surface area contributed by atoms with Crippen LogP contribution in [0.3, 0.4) is 0 Å². The molecule has 0 bridgehead atoms. The number of benzene rings is 3. The van der Waals surface area contributed by atoms with E-state index in [0.29, 0.717) is 36.5 Å². The molecule has 0 N–H and O–H groups in total. The van der Waals surface area contributed by atoms with E-state index >= 15 is 0 Å². The zero-order valence-corrected chi connectivity index (χ0v) is 26.0. The summed E-state index contributed by atoms with van der Waals surface area (Å²) in [5, 5.41) is 14.7. The molecule has 6 rings (SSSR count). The number of nitrogens with zero attached hydrogens (tertiary/aromatic N) is 5. The molecule has 0 radical (unpaired) electrons. The van der Waals surface area contributed by atoms with Crippen LogP contribution in [0.4, 0.5) is 0 Å². The van der Waals surface area contributed by atoms with Crippen molar-refractivity contribution >= 4 is 27.9 Å². The van der Waals surface area contributed by atoms with Crippen molar-refractivity contribution in [3.05, 3.63) is 119 Å². The van der Waals surface area contributed by atoms with Crippen LogP contribution >= 0.6 is 0 Å². The van der Waals surface area contributed by atoms with Crippen molar-refractivity contribution in [1.82, 2.24) is 19.0 Å². The molecule has 3 aromatic carbocycles. The molecule has 2 aliphatic heterocycles. The number of hydrogen-bond donors (Lipinski definition) is 0. The van der Waals surface area contributed by atoms with Crippen LogP contribution in [-0.2, 0) is 30.8 Å². The second-order valence-electron chi connectivity index (χ2n) is 10.9. The Morgan fingerprint density at radius 2 is 1.63 bits per heavy atom. The zero-order valence-electron chi connectivity index (χ0n) is 25.2. The molecule has 1 aromatic heterocycles. The number of aromatic nitrogens is 2. The fraction of sp³-hybridized carbons (Fsp3) is 0.200. The molecule has 46 heavy (non-hydrogen) atoms. The van der Waals surface area contributed by atoms with Gasteiger partial charge in [-0.2, -0.15) is 14.7 Å². The van der Waals surface area contributed by atoms with E-state index in [1.165, 1.54) is 4.31 Å². The molecule has 1 saturated heterocycles. The molecule has 10 nitrogen and oxygen atoms in total. The largest absolute Gasteiger partial charge is 0.379 e. The Bertz CT molecular complexity index is 2000. The van der Waals surface area contributed by atoms with Gasteiger partial charge >= 0.3 is 0 Å². The normalized spacial score (nSPS) is 17.0. The van der Waals surface area contributed by atoms with Crippen LogP contribution in [0.2, 0.25) is 0 Å². The lowest BCUT2D eigenvalue weighted by atomic mass is 9.93. The third-order valence-corrected chi connectivity index (χ3v) is 9.97. The van der Waals surface area contributed by atoms with Gasteiger partial charge in [0, 0.05) is 42.5 Å². The predicted molar refractivity (Wildman–Crippen MR) is 172 cm³/mol. The second kappa shape index (κ2) is 13.1. The second-order valence-corrected chi connectivity index (χ2v) is 12.9. The van der Waals surface area contributed by atoms with Crippen LogP contribution in [0.5, 0.6) is 0 Å². The Morgan fingerprint density at radius 1 is 0.935 bits per heavy atom. The van der Waals surface area contributed by atoms with Crippen molar-refractivity contribution in [2.45, 2.75) is 18.2 Å². The van der Waals surface area contributed by atoms with Crippen LogP contribution in [0.15, 0.2) is 113 Å². The van der Waals surface area contributed by atoms with Gasteiger partial charge in [0.05, 0.1) is 23.8 Å². The van der Waals surface area contributed by atoms with E-state index < -0.39 is 21.8 Å². The molecule has 0 unspecified atom stereocenters. The van der Waals surface area contributed by atoms with Crippen LogP contribution in [-0.4, -0.2) is 72.1 Å². The summed E-state index contributed by atoms with van der Waals surface area (Å²) in [4.78, 5) is 28.4. The third kappa shape index (κ3) is 6.06. The summed E-state index contributed by atoms with van der Waals surface area (Å²) >= 11 is 0. The SMILES string of the molecule is CC1=C(C#N)C(=O)N(CCc2ccccc2)C(=O)/C1=C/c1cn(-c2ccccc2)nc1-c1cccc(S(=O)(=O)N2CCOCC2)c1. The maximum atomic E-state index is 13.9. The van der Waals surface area contributed by atoms with E-state index in [0.717, 1.165) is 16.2 Å². The molecule has 3 heterocycles. The minimum Gasteiger partial charge on any atom is -0.379 e. The fourth-order valence-electron chi connectivity index (χ4n) is 5.54. The van der Waals surface area contributed by atoms with E-state index in [1.54, 1.807) is 48.1 Å². The van der Waals surface area contributed by atoms with Crippen LogP contribution in [0, 0.1) is 11.3 Å². The highest BCUT2D eigenvalue weighted by atomic mass is 32.2. The molecular formula is C35H31N5O5S. The standard InChI is InChI=1S/C35H31N5O5S/c1-25-31(34(41)39(35(42)32(25)23-36)16-15-26-9-4-2-5-10-26)22-28-24-40(29-12-6-3-7-13-29)37-33(28)27-11-8-14-30(21-27)46(43,44)38-17-19-45-20-18-38/h2-14,21-22,24H,15-20H2,1H3/b31-22+. The quantitative estimate of drug-likeness (QED) is 0.208. The molecule has 2 amide bonds. The van der Waals surface area contributed by atoms with Gasteiger partial charge in [-0.15, -0.1) is 0 Å². The highest BCUT2D eigenvalue weighted by Gasteiger charge is 2.35. The number of hydrogen-bond acceptors (Lipinski definition) is 7. The first-order valence-corrected chi connectivity index (χ1v) is 16.3. The number of carbonyl (C=O) groups is 2. The number of nitriles is 1. The summed E-state index contributed by atoms with van der Waals surface area (Å²) in [6, 6.07) is 27.4. The van der Waals surface area contributed by atoms with Crippen LogP contribution < -0.4 is 0 Å². The van der Waals surface area contributed by atoms with Gasteiger partial charge in [0.25, 0.3) is 11.8 Å². The third-order valence-electron chi connectivity index (χ3n) is 8.07. The predicted octanol–water partition coefficient (Wildman–Crippen LogP) is 4.40. The highest BCUT2D eigenvalue weighted by Crippen LogP contribution is 2.32. The van der Waals surface area contributed by atoms with Crippen molar-refractivity contribution in [3.8, 4) is 23.0 Å². The number of morpholine rings is 1. The number of amides is 2. The molecule has 0 spiro atoms. The molecule has 232 valence electrons. The minimum atomic E-state index is -3.79. The summed E-state index contributed by atoms with van der Waals surface area (Å²) in [6.45, 7) is 2.88. The maximum absolute atomic E-state index is 13.9. The lowest BCUT2D eigenvalue weighted by molar-refractivity contribution is -0.140. The van der Waals surface area contributed by atoms with Gasteiger partial charge in [-0.3, -0.25) is 14.5 Å². The molecule has 0 saturated carbocycles. The molecule has 11 heteroatoms. The summed E-state index contributed by atoms with van der Waals surface area (Å²) in [5.41, 5.74) is 3.55. The van der Waals surface area contributed by atoms with Crippen molar-refractivity contribution in [1.29, 1.82) is 5.26 Å². The Labute approximate surface area is 267 Å². The molecule has 0 aliphatic carbocycles. The van der Waals surface area contributed by atoms with Gasteiger partial charge in [0.2, 0.25) is 10.0 Å². The van der Waals surface area contributed by atoms with Crippen molar-refractivity contribution < 1.29 is 22.7 Å². The van der Waals surface area contributed by atoms with Crippen molar-refractivity contribution in [3.63, 3.8) is 0 Å². The number of sulfonamides is 1. The number of carbonyl (C=O) groups excluding carboxylic acids is 2. The highest BCUT2D eigenvalue weighted by molar-refractivity contribution is 7.89. The van der Waals surface area contributed by atoms with Gasteiger partial charge in [-0.25, -0.2) is 13.1 Å².